The fourth-order valence-electron chi connectivity index (χ4n) is 4.04. The molecule has 4 rings (SSSR count). The van der Waals surface area contributed by atoms with Gasteiger partial charge < -0.3 is 24.6 Å². The number of aromatic hydroxyl groups is 1. The van der Waals surface area contributed by atoms with Gasteiger partial charge in [0.05, 0.1) is 13.2 Å². The summed E-state index contributed by atoms with van der Waals surface area (Å²) >= 11 is 0. The van der Waals surface area contributed by atoms with Crippen LogP contribution in [0.15, 0.2) is 29.2 Å². The summed E-state index contributed by atoms with van der Waals surface area (Å²) in [6, 6.07) is 2.85. The van der Waals surface area contributed by atoms with Crippen LogP contribution in [0.2, 0.25) is 0 Å². The Morgan fingerprint density at radius 3 is 2.81 bits per heavy atom. The third kappa shape index (κ3) is 3.67. The monoisotopic (exact) mass is 433 g/mol. The van der Waals surface area contributed by atoms with Gasteiger partial charge in [-0.2, -0.15) is 0 Å². The molecule has 1 aromatic heterocycles. The Kier molecular flexibility index (Phi) is 5.48. The number of hydrogen-bond acceptors (Lipinski definition) is 5. The topological polar surface area (TPSA) is 101 Å². The van der Waals surface area contributed by atoms with Gasteiger partial charge >= 0.3 is 0 Å². The molecule has 8 nitrogen and oxygen atoms in total. The molecule has 31 heavy (non-hydrogen) atoms. The molecule has 2 aliphatic heterocycles. The number of carbonyl (C=O) groups is 2. The molecule has 1 fully saturated rings. The molecule has 0 spiro atoms. The highest BCUT2D eigenvalue weighted by molar-refractivity contribution is 5.99. The Balaban J connectivity index is 1.63. The number of benzene rings is 1. The number of hydrogen-bond donors (Lipinski definition) is 2. The van der Waals surface area contributed by atoms with Gasteiger partial charge in [-0.1, -0.05) is 13.0 Å². The molecule has 0 saturated carbocycles. The standard InChI is InChI=1S/C21H21F2N3O5/c1-2-13-5-6-31-16-10-25-9-14(18(27)19(28)17(25)21(30)26(13)16)20(29)24-8-11-3-4-12(22)7-15(11)23/h3-4,7,9,13,16,28H,2,5-6,8,10H2,1H3,(H,24,29)/t13-,16+/m1/s1. The molecule has 0 radical (unpaired) electrons. The average molecular weight is 433 g/mol. The lowest BCUT2D eigenvalue weighted by molar-refractivity contribution is -0.116. The van der Waals surface area contributed by atoms with Crippen molar-refractivity contribution < 1.29 is 28.2 Å². The molecule has 2 aromatic rings. The zero-order chi connectivity index (χ0) is 22.3. The van der Waals surface area contributed by atoms with Gasteiger partial charge in [-0.05, 0) is 18.9 Å². The Morgan fingerprint density at radius 2 is 2.10 bits per heavy atom. The van der Waals surface area contributed by atoms with Crippen molar-refractivity contribution in [3.63, 3.8) is 0 Å². The minimum atomic E-state index is -0.999. The molecule has 1 aromatic carbocycles. The van der Waals surface area contributed by atoms with Crippen molar-refractivity contribution in [1.82, 2.24) is 14.8 Å². The van der Waals surface area contributed by atoms with Gasteiger partial charge in [0.25, 0.3) is 11.8 Å². The third-order valence-electron chi connectivity index (χ3n) is 5.68. The molecule has 2 N–H and O–H groups in total. The molecule has 2 aliphatic rings. The summed E-state index contributed by atoms with van der Waals surface area (Å²) in [6.45, 7) is 2.28. The van der Waals surface area contributed by atoms with Gasteiger partial charge in [0.15, 0.2) is 17.7 Å². The van der Waals surface area contributed by atoms with E-state index in [1.54, 1.807) is 0 Å². The second-order valence-electron chi connectivity index (χ2n) is 7.53. The zero-order valence-corrected chi connectivity index (χ0v) is 16.7. The predicted molar refractivity (Wildman–Crippen MR) is 105 cm³/mol. The summed E-state index contributed by atoms with van der Waals surface area (Å²) in [5.41, 5.74) is -1.55. The molecule has 2 amide bonds. The number of pyridine rings is 1. The van der Waals surface area contributed by atoms with Crippen LogP contribution in [0.1, 0.15) is 46.2 Å². The molecular weight excluding hydrogens is 412 g/mol. The van der Waals surface area contributed by atoms with Crippen molar-refractivity contribution in [2.24, 2.45) is 0 Å². The smallest absolute Gasteiger partial charge is 0.276 e. The maximum Gasteiger partial charge on any atom is 0.276 e. The lowest BCUT2D eigenvalue weighted by Gasteiger charge is -2.45. The van der Waals surface area contributed by atoms with Crippen LogP contribution in [0.5, 0.6) is 5.75 Å². The minimum absolute atomic E-state index is 0.0315. The molecule has 0 bridgehead atoms. The summed E-state index contributed by atoms with van der Waals surface area (Å²) in [6.07, 6.45) is 1.99. The number of aromatic nitrogens is 1. The van der Waals surface area contributed by atoms with Gasteiger partial charge in [0.2, 0.25) is 5.43 Å². The van der Waals surface area contributed by atoms with E-state index in [9.17, 15) is 28.3 Å². The van der Waals surface area contributed by atoms with Crippen molar-refractivity contribution in [1.29, 1.82) is 0 Å². The van der Waals surface area contributed by atoms with Crippen LogP contribution in [0.3, 0.4) is 0 Å². The minimum Gasteiger partial charge on any atom is -0.503 e. The normalized spacial score (nSPS) is 20.2. The van der Waals surface area contributed by atoms with Crippen molar-refractivity contribution >= 4 is 11.8 Å². The van der Waals surface area contributed by atoms with E-state index in [0.29, 0.717) is 25.5 Å². The first-order chi connectivity index (χ1) is 14.8. The zero-order valence-electron chi connectivity index (χ0n) is 16.7. The van der Waals surface area contributed by atoms with E-state index in [4.69, 9.17) is 4.74 Å². The van der Waals surface area contributed by atoms with E-state index in [1.807, 2.05) is 6.92 Å². The van der Waals surface area contributed by atoms with E-state index in [0.717, 1.165) is 6.07 Å². The van der Waals surface area contributed by atoms with Gasteiger partial charge in [-0.15, -0.1) is 0 Å². The van der Waals surface area contributed by atoms with Crippen molar-refractivity contribution in [3.8, 4) is 5.75 Å². The van der Waals surface area contributed by atoms with E-state index >= 15 is 0 Å². The van der Waals surface area contributed by atoms with Crippen LogP contribution in [-0.2, 0) is 17.8 Å². The van der Waals surface area contributed by atoms with Crippen LogP contribution in [0.4, 0.5) is 8.78 Å². The van der Waals surface area contributed by atoms with E-state index < -0.39 is 46.4 Å². The predicted octanol–water partition coefficient (Wildman–Crippen LogP) is 1.74. The first-order valence-electron chi connectivity index (χ1n) is 9.94. The molecular formula is C21H21F2N3O5. The number of rotatable bonds is 4. The number of fused-ring (bicyclic) bond motifs is 2. The lowest BCUT2D eigenvalue weighted by atomic mass is 10.0. The summed E-state index contributed by atoms with van der Waals surface area (Å²) < 4.78 is 33.8. The maximum absolute atomic E-state index is 13.8. The van der Waals surface area contributed by atoms with Crippen LogP contribution < -0.4 is 10.7 Å². The summed E-state index contributed by atoms with van der Waals surface area (Å²) in [4.78, 5) is 39.7. The third-order valence-corrected chi connectivity index (χ3v) is 5.68. The Labute approximate surface area is 176 Å². The van der Waals surface area contributed by atoms with Crippen molar-refractivity contribution in [3.05, 3.63) is 63.1 Å². The quantitative estimate of drug-likeness (QED) is 0.765. The summed E-state index contributed by atoms with van der Waals surface area (Å²) in [7, 11) is 0. The fourth-order valence-corrected chi connectivity index (χ4v) is 4.04. The highest BCUT2D eigenvalue weighted by atomic mass is 19.1. The molecule has 2 atom stereocenters. The summed E-state index contributed by atoms with van der Waals surface area (Å²) in [5, 5.41) is 12.8. The van der Waals surface area contributed by atoms with Crippen molar-refractivity contribution in [2.45, 2.75) is 45.1 Å². The highest BCUT2D eigenvalue weighted by Gasteiger charge is 2.41. The van der Waals surface area contributed by atoms with Crippen LogP contribution in [-0.4, -0.2) is 45.3 Å². The molecule has 164 valence electrons. The number of nitrogens with one attached hydrogen (secondary N) is 1. The Bertz CT molecular complexity index is 1120. The molecule has 0 unspecified atom stereocenters. The van der Waals surface area contributed by atoms with Crippen LogP contribution >= 0.6 is 0 Å². The van der Waals surface area contributed by atoms with Gasteiger partial charge in [0, 0.05) is 30.4 Å². The number of carbonyl (C=O) groups excluding carboxylic acids is 2. The van der Waals surface area contributed by atoms with E-state index in [-0.39, 0.29) is 30.4 Å². The van der Waals surface area contributed by atoms with Gasteiger partial charge in [0.1, 0.15) is 17.2 Å². The number of halogens is 2. The average Bonchev–Trinajstić information content (AvgIpc) is 2.74. The lowest BCUT2D eigenvalue weighted by Crippen LogP contribution is -2.57. The maximum atomic E-state index is 13.8. The van der Waals surface area contributed by atoms with Crippen LogP contribution in [0, 0.1) is 11.6 Å². The first kappa shape index (κ1) is 21.0. The molecule has 10 heteroatoms. The molecule has 0 aliphatic carbocycles. The van der Waals surface area contributed by atoms with Gasteiger partial charge in [-0.25, -0.2) is 8.78 Å². The Hall–Kier alpha value is -3.27. The van der Waals surface area contributed by atoms with Gasteiger partial charge in [-0.3, -0.25) is 14.4 Å². The van der Waals surface area contributed by atoms with E-state index in [2.05, 4.69) is 5.32 Å². The molecule has 3 heterocycles. The number of nitrogens with zero attached hydrogens (tertiary/aromatic N) is 2. The SMILES string of the molecule is CC[C@@H]1CCO[C@H]2Cn3cc(C(=O)NCc4ccc(F)cc4F)c(=O)c(O)c3C(=O)N12. The Morgan fingerprint density at radius 1 is 1.32 bits per heavy atom. The summed E-state index contributed by atoms with van der Waals surface area (Å²) in [5.74, 6) is -3.79. The number of amides is 2. The largest absolute Gasteiger partial charge is 0.503 e. The second kappa shape index (κ2) is 8.10. The van der Waals surface area contributed by atoms with Crippen molar-refractivity contribution in [2.75, 3.05) is 6.61 Å². The second-order valence-corrected chi connectivity index (χ2v) is 7.53. The van der Waals surface area contributed by atoms with Crippen LogP contribution in [0.25, 0.3) is 0 Å². The molecule has 1 saturated heterocycles. The van der Waals surface area contributed by atoms with E-state index in [1.165, 1.54) is 21.7 Å². The number of ether oxygens (including phenoxy) is 1. The fraction of sp³-hybridized carbons (Fsp3) is 0.381. The highest BCUT2D eigenvalue weighted by Crippen LogP contribution is 2.30. The first-order valence-corrected chi connectivity index (χ1v) is 9.94.